The molecule has 1 aromatic carbocycles. The Bertz CT molecular complexity index is 723. The lowest BCUT2D eigenvalue weighted by Crippen LogP contribution is -2.19. The number of halogens is 2. The summed E-state index contributed by atoms with van der Waals surface area (Å²) in [6.07, 6.45) is 5.48. The van der Waals surface area contributed by atoms with Gasteiger partial charge < -0.3 is 9.84 Å². The highest BCUT2D eigenvalue weighted by Gasteiger charge is 2.14. The maximum absolute atomic E-state index is 11.8. The highest BCUT2D eigenvalue weighted by atomic mass is 79.9. The molecule has 0 fully saturated rings. The molecule has 0 aliphatic heterocycles. The van der Waals surface area contributed by atoms with Crippen LogP contribution >= 0.6 is 31.9 Å². The summed E-state index contributed by atoms with van der Waals surface area (Å²) in [6.45, 7) is 0. The number of nitrogens with one attached hydrogen (secondary N) is 1. The summed E-state index contributed by atoms with van der Waals surface area (Å²) in [6, 6.07) is 1.61. The number of benzene rings is 1. The second kappa shape index (κ2) is 7.32. The minimum atomic E-state index is -0.512. The number of nitrogens with zero attached hydrogens (tertiary/aromatic N) is 3. The summed E-state index contributed by atoms with van der Waals surface area (Å²) in [7, 11) is 1.44. The lowest BCUT2D eigenvalue weighted by Gasteiger charge is -2.09. The van der Waals surface area contributed by atoms with Crippen LogP contribution in [0.15, 0.2) is 38.7 Å². The quantitative estimate of drug-likeness (QED) is 0.574. The van der Waals surface area contributed by atoms with Crippen molar-refractivity contribution in [3.05, 3.63) is 44.9 Å². The number of rotatable bonds is 4. The van der Waals surface area contributed by atoms with Gasteiger partial charge in [0.05, 0.1) is 25.1 Å². The van der Waals surface area contributed by atoms with E-state index in [2.05, 4.69) is 52.4 Å². The fourth-order valence-electron chi connectivity index (χ4n) is 1.51. The molecule has 0 aliphatic carbocycles. The molecular formula is C13H10Br2N4O3. The Morgan fingerprint density at radius 2 is 2.23 bits per heavy atom. The van der Waals surface area contributed by atoms with Crippen molar-refractivity contribution in [2.24, 2.45) is 5.10 Å². The van der Waals surface area contributed by atoms with Crippen LogP contribution in [-0.4, -0.2) is 34.3 Å². The predicted octanol–water partition coefficient (Wildman–Crippen LogP) is 2.48. The van der Waals surface area contributed by atoms with Crippen LogP contribution in [0.2, 0.25) is 0 Å². The molecule has 0 unspecified atom stereocenters. The van der Waals surface area contributed by atoms with Crippen LogP contribution in [0.25, 0.3) is 0 Å². The van der Waals surface area contributed by atoms with Gasteiger partial charge in [0.1, 0.15) is 5.69 Å². The molecule has 0 saturated heterocycles. The summed E-state index contributed by atoms with van der Waals surface area (Å²) in [4.78, 5) is 19.4. The number of amides is 1. The third-order valence-corrected chi connectivity index (χ3v) is 4.58. The van der Waals surface area contributed by atoms with E-state index in [0.717, 1.165) is 0 Å². The summed E-state index contributed by atoms with van der Waals surface area (Å²) in [5.74, 6) is -0.339. The Hall–Kier alpha value is -2.00. The number of methoxy groups -OCH3 is 1. The number of aromatic hydroxyl groups is 1. The van der Waals surface area contributed by atoms with Gasteiger partial charge in [0.15, 0.2) is 11.5 Å². The van der Waals surface area contributed by atoms with Crippen molar-refractivity contribution >= 4 is 44.0 Å². The fraction of sp³-hybridized carbons (Fsp3) is 0.0769. The number of hydrazone groups is 1. The maximum atomic E-state index is 11.8. The van der Waals surface area contributed by atoms with Gasteiger partial charge in [-0.05, 0) is 37.9 Å². The van der Waals surface area contributed by atoms with Crippen LogP contribution in [0.3, 0.4) is 0 Å². The molecule has 2 rings (SSSR count). The highest BCUT2D eigenvalue weighted by Crippen LogP contribution is 2.39. The molecule has 1 amide bonds. The molecule has 22 heavy (non-hydrogen) atoms. The number of carbonyl (C=O) groups excluding carboxylic acids is 1. The third-order valence-electron chi connectivity index (χ3n) is 2.57. The summed E-state index contributed by atoms with van der Waals surface area (Å²) >= 11 is 6.64. The smallest absolute Gasteiger partial charge is 0.291 e. The summed E-state index contributed by atoms with van der Waals surface area (Å²) < 4.78 is 6.29. The van der Waals surface area contributed by atoms with Crippen molar-refractivity contribution < 1.29 is 14.6 Å². The molecule has 0 saturated carbocycles. The largest absolute Gasteiger partial charge is 0.504 e. The minimum Gasteiger partial charge on any atom is -0.504 e. The first-order valence-corrected chi connectivity index (χ1v) is 7.47. The standard InChI is InChI=1S/C13H10Br2N4O3/c1-22-10-4-8(14)11(15)7(12(10)20)5-18-19-13(21)9-6-16-2-3-17-9/h2-6,20H,1H3,(H,19,21)/b18-5+. The Morgan fingerprint density at radius 3 is 2.86 bits per heavy atom. The monoisotopic (exact) mass is 428 g/mol. The molecule has 0 bridgehead atoms. The highest BCUT2D eigenvalue weighted by molar-refractivity contribution is 9.13. The number of phenolic OH excluding ortho intramolecular Hbond substituents is 1. The van der Waals surface area contributed by atoms with Crippen LogP contribution in [-0.2, 0) is 0 Å². The van der Waals surface area contributed by atoms with Crippen molar-refractivity contribution in [3.63, 3.8) is 0 Å². The first kappa shape index (κ1) is 16.4. The summed E-state index contributed by atoms with van der Waals surface area (Å²) in [5.41, 5.74) is 2.79. The third kappa shape index (κ3) is 3.60. The number of aromatic nitrogens is 2. The molecule has 7 nitrogen and oxygen atoms in total. The van der Waals surface area contributed by atoms with Crippen molar-refractivity contribution in [1.29, 1.82) is 0 Å². The molecule has 0 atom stereocenters. The van der Waals surface area contributed by atoms with E-state index < -0.39 is 5.91 Å². The van der Waals surface area contributed by atoms with E-state index in [4.69, 9.17) is 4.74 Å². The lowest BCUT2D eigenvalue weighted by molar-refractivity contribution is 0.0949. The van der Waals surface area contributed by atoms with Gasteiger partial charge in [-0.1, -0.05) is 0 Å². The van der Waals surface area contributed by atoms with Crippen molar-refractivity contribution in [2.75, 3.05) is 7.11 Å². The second-order valence-electron chi connectivity index (χ2n) is 3.93. The van der Waals surface area contributed by atoms with Crippen LogP contribution < -0.4 is 10.2 Å². The first-order valence-electron chi connectivity index (χ1n) is 5.89. The zero-order valence-electron chi connectivity index (χ0n) is 11.2. The first-order chi connectivity index (χ1) is 10.5. The Balaban J connectivity index is 2.20. The molecule has 0 aliphatic rings. The zero-order chi connectivity index (χ0) is 16.1. The van der Waals surface area contributed by atoms with E-state index in [1.807, 2.05) is 0 Å². The zero-order valence-corrected chi connectivity index (χ0v) is 14.4. The molecule has 114 valence electrons. The molecule has 9 heteroatoms. The fourth-order valence-corrected chi connectivity index (χ4v) is 2.34. The Labute approximate surface area is 142 Å². The number of ether oxygens (including phenoxy) is 1. The minimum absolute atomic E-state index is 0.102. The van der Waals surface area contributed by atoms with Crippen LogP contribution in [0, 0.1) is 0 Å². The number of phenols is 1. The van der Waals surface area contributed by atoms with Crippen LogP contribution in [0.1, 0.15) is 16.1 Å². The number of hydrogen-bond donors (Lipinski definition) is 2. The van der Waals surface area contributed by atoms with E-state index in [-0.39, 0.29) is 17.2 Å². The molecular weight excluding hydrogens is 420 g/mol. The van der Waals surface area contributed by atoms with E-state index in [1.54, 1.807) is 6.07 Å². The average molecular weight is 430 g/mol. The van der Waals surface area contributed by atoms with E-state index in [0.29, 0.717) is 14.5 Å². The van der Waals surface area contributed by atoms with Crippen LogP contribution in [0.5, 0.6) is 11.5 Å². The van der Waals surface area contributed by atoms with Gasteiger partial charge in [0.2, 0.25) is 0 Å². The van der Waals surface area contributed by atoms with Gasteiger partial charge in [0.25, 0.3) is 5.91 Å². The number of hydrogen-bond acceptors (Lipinski definition) is 6. The molecule has 2 aromatic rings. The molecule has 1 heterocycles. The predicted molar refractivity (Wildman–Crippen MR) is 87.2 cm³/mol. The molecule has 0 radical (unpaired) electrons. The maximum Gasteiger partial charge on any atom is 0.291 e. The second-order valence-corrected chi connectivity index (χ2v) is 5.57. The molecule has 2 N–H and O–H groups in total. The summed E-state index contributed by atoms with van der Waals surface area (Å²) in [5, 5.41) is 13.9. The molecule has 0 spiro atoms. The average Bonchev–Trinajstić information content (AvgIpc) is 2.54. The van der Waals surface area contributed by atoms with Crippen molar-refractivity contribution in [3.8, 4) is 11.5 Å². The lowest BCUT2D eigenvalue weighted by atomic mass is 10.2. The van der Waals surface area contributed by atoms with E-state index >= 15 is 0 Å². The van der Waals surface area contributed by atoms with Gasteiger partial charge in [-0.15, -0.1) is 0 Å². The van der Waals surface area contributed by atoms with Gasteiger partial charge in [-0.3, -0.25) is 9.78 Å². The van der Waals surface area contributed by atoms with Crippen molar-refractivity contribution in [2.45, 2.75) is 0 Å². The Kier molecular flexibility index (Phi) is 5.45. The number of carbonyl (C=O) groups is 1. The van der Waals surface area contributed by atoms with Crippen molar-refractivity contribution in [1.82, 2.24) is 15.4 Å². The van der Waals surface area contributed by atoms with Gasteiger partial charge in [-0.25, -0.2) is 10.4 Å². The molecule has 1 aromatic heterocycles. The van der Waals surface area contributed by atoms with Gasteiger partial charge >= 0.3 is 0 Å². The van der Waals surface area contributed by atoms with E-state index in [9.17, 15) is 9.90 Å². The topological polar surface area (TPSA) is 96.7 Å². The van der Waals surface area contributed by atoms with Gasteiger partial charge in [-0.2, -0.15) is 5.10 Å². The van der Waals surface area contributed by atoms with E-state index in [1.165, 1.54) is 31.9 Å². The normalized spacial score (nSPS) is 10.7. The van der Waals surface area contributed by atoms with Gasteiger partial charge in [0, 0.05) is 21.3 Å². The Morgan fingerprint density at radius 1 is 1.45 bits per heavy atom. The van der Waals surface area contributed by atoms with Crippen LogP contribution in [0.4, 0.5) is 0 Å². The SMILES string of the molecule is COc1cc(Br)c(Br)c(/C=N/NC(=O)c2cnccn2)c1O.